The Labute approximate surface area is 45.0 Å². The molecule has 0 aliphatic carbocycles. The molecule has 0 spiro atoms. The van der Waals surface area contributed by atoms with Crippen LogP contribution in [0.3, 0.4) is 0 Å². The molecule has 0 fully saturated rings. The summed E-state index contributed by atoms with van der Waals surface area (Å²) in [6.07, 6.45) is 0. The van der Waals surface area contributed by atoms with Crippen molar-refractivity contribution in [2.75, 3.05) is 0 Å². The summed E-state index contributed by atoms with van der Waals surface area (Å²) in [6, 6.07) is 0. The summed E-state index contributed by atoms with van der Waals surface area (Å²) in [5.74, 6) is -0.713. The molecule has 36 valence electrons. The topological polar surface area (TPSA) is 37.3 Å². The summed E-state index contributed by atoms with van der Waals surface area (Å²) in [6.45, 7) is 1.67. The van der Waals surface area contributed by atoms with E-state index < -0.39 is 5.97 Å². The molecule has 1 N–H and O–H groups in total. The zero-order valence-electron chi connectivity index (χ0n) is 3.51. The molecule has 0 aliphatic rings. The van der Waals surface area contributed by atoms with Crippen molar-refractivity contribution < 1.29 is 9.90 Å². The van der Waals surface area contributed by atoms with Gasteiger partial charge in [-0.05, 0) is 0 Å². The number of carbonyl (C=O) groups is 1. The molecule has 6 heavy (non-hydrogen) atoms. The molecule has 0 saturated heterocycles. The fourth-order valence-electron chi connectivity index (χ4n) is 0. The van der Waals surface area contributed by atoms with E-state index in [9.17, 15) is 4.79 Å². The van der Waals surface area contributed by atoms with Gasteiger partial charge < -0.3 is 0 Å². The van der Waals surface area contributed by atoms with Gasteiger partial charge in [-0.25, -0.2) is 0 Å². The van der Waals surface area contributed by atoms with Gasteiger partial charge in [-0.1, -0.05) is 0 Å². The van der Waals surface area contributed by atoms with E-state index in [1.807, 2.05) is 0 Å². The van der Waals surface area contributed by atoms with Gasteiger partial charge in [0.25, 0.3) is 0 Å². The summed E-state index contributed by atoms with van der Waals surface area (Å²) in [5, 5.41) is 8.01. The Morgan fingerprint density at radius 3 is 2.17 bits per heavy atom. The predicted octanol–water partition coefficient (Wildman–Crippen LogP) is -0.488. The van der Waals surface area contributed by atoms with Gasteiger partial charge in [0, 0.05) is 0 Å². The molecule has 0 aromatic heterocycles. The molecule has 0 aromatic rings. The minimum atomic E-state index is -0.713. The third kappa shape index (κ3) is 2.28. The van der Waals surface area contributed by atoms with E-state index >= 15 is 0 Å². The van der Waals surface area contributed by atoms with Crippen LogP contribution in [0, 0.1) is 0 Å². The normalized spacial score (nSPS) is 13.7. The van der Waals surface area contributed by atoms with Crippen LogP contribution in [0.5, 0.6) is 0 Å². The minimum absolute atomic E-state index is 0.169. The van der Waals surface area contributed by atoms with Crippen molar-refractivity contribution in [3.05, 3.63) is 0 Å². The fourth-order valence-corrected chi connectivity index (χ4v) is 0. The van der Waals surface area contributed by atoms with Crippen molar-refractivity contribution in [2.24, 2.45) is 0 Å². The maximum atomic E-state index is 9.71. The van der Waals surface area contributed by atoms with Crippen LogP contribution < -0.4 is 0 Å². The molecule has 0 radical (unpaired) electrons. The third-order valence-corrected chi connectivity index (χ3v) is 0.988. The number of hydrogen-bond donors (Lipinski definition) is 1. The van der Waals surface area contributed by atoms with Gasteiger partial charge >= 0.3 is 44.4 Å². The van der Waals surface area contributed by atoms with Gasteiger partial charge in [-0.2, -0.15) is 0 Å². The van der Waals surface area contributed by atoms with Crippen molar-refractivity contribution in [3.63, 3.8) is 0 Å². The average Bonchev–Trinajstić information content (AvgIpc) is 1.36. The monoisotopic (exact) mass is 150 g/mol. The van der Waals surface area contributed by atoms with E-state index in [2.05, 4.69) is 0 Å². The van der Waals surface area contributed by atoms with Gasteiger partial charge in [0.05, 0.1) is 0 Å². The van der Waals surface area contributed by atoms with Gasteiger partial charge in [0.1, 0.15) is 0 Å². The molecular formula is C3H7AsO2. The van der Waals surface area contributed by atoms with E-state index in [0.717, 1.165) is 0 Å². The van der Waals surface area contributed by atoms with E-state index in [1.54, 1.807) is 6.92 Å². The first-order chi connectivity index (χ1) is 2.64. The molecule has 0 rings (SSSR count). The summed E-state index contributed by atoms with van der Waals surface area (Å²) >= 11 is 1.24. The quantitative estimate of drug-likeness (QED) is 0.512. The van der Waals surface area contributed by atoms with Gasteiger partial charge in [-0.3, -0.25) is 0 Å². The molecule has 0 aliphatic heterocycles. The zero-order chi connectivity index (χ0) is 5.15. The second kappa shape index (κ2) is 2.25. The molecule has 3 heteroatoms. The molecule has 0 heterocycles. The van der Waals surface area contributed by atoms with Crippen molar-refractivity contribution in [1.29, 1.82) is 0 Å². The Bertz CT molecular complexity index is 59.8. The van der Waals surface area contributed by atoms with Crippen LogP contribution in [-0.4, -0.2) is 27.9 Å². The van der Waals surface area contributed by atoms with Crippen LogP contribution in [0.4, 0.5) is 0 Å². The Kier molecular flexibility index (Phi) is 2.26. The summed E-state index contributed by atoms with van der Waals surface area (Å²) in [7, 11) is 0. The predicted molar refractivity (Wildman–Crippen MR) is 25.6 cm³/mol. The zero-order valence-corrected chi connectivity index (χ0v) is 5.93. The van der Waals surface area contributed by atoms with Crippen molar-refractivity contribution in [3.8, 4) is 0 Å². The van der Waals surface area contributed by atoms with Crippen LogP contribution in [0.1, 0.15) is 6.92 Å². The van der Waals surface area contributed by atoms with Crippen LogP contribution in [-0.2, 0) is 4.79 Å². The molecule has 2 nitrogen and oxygen atoms in total. The average molecular weight is 150 g/mol. The number of rotatable bonds is 1. The molecule has 0 saturated carbocycles. The third-order valence-electron chi connectivity index (χ3n) is 0.390. The first kappa shape index (κ1) is 6.03. The number of carboxylic acid groups (broad SMARTS) is 1. The van der Waals surface area contributed by atoms with Crippen LogP contribution in [0.15, 0.2) is 0 Å². The van der Waals surface area contributed by atoms with E-state index in [1.165, 1.54) is 16.9 Å². The van der Waals surface area contributed by atoms with E-state index in [-0.39, 0.29) is 4.71 Å². The van der Waals surface area contributed by atoms with Gasteiger partial charge in [0.2, 0.25) is 0 Å². The Morgan fingerprint density at radius 1 is 2.00 bits per heavy atom. The standard InChI is InChI=1S/C3H7AsO2/c1-2(4)3(5)6/h2H,4H2,1H3,(H,5,6). The van der Waals surface area contributed by atoms with E-state index in [0.29, 0.717) is 0 Å². The molecule has 0 bridgehead atoms. The SMILES string of the molecule is CC([AsH2])C(=O)O. The first-order valence-corrected chi connectivity index (χ1v) is 3.03. The van der Waals surface area contributed by atoms with Crippen molar-refractivity contribution in [1.82, 2.24) is 0 Å². The van der Waals surface area contributed by atoms with Crippen molar-refractivity contribution in [2.45, 2.75) is 11.6 Å². The number of carboxylic acids is 1. The molecular weight excluding hydrogens is 143 g/mol. The second-order valence-electron chi connectivity index (χ2n) is 1.13. The van der Waals surface area contributed by atoms with E-state index in [4.69, 9.17) is 5.11 Å². The van der Waals surface area contributed by atoms with Crippen LogP contribution in [0.25, 0.3) is 0 Å². The van der Waals surface area contributed by atoms with Gasteiger partial charge in [-0.15, -0.1) is 0 Å². The Hall–Kier alpha value is 0.0284. The molecule has 2 atom stereocenters. The summed E-state index contributed by atoms with van der Waals surface area (Å²) in [4.78, 5) is 9.71. The Balaban J connectivity index is 3.26. The summed E-state index contributed by atoms with van der Waals surface area (Å²) < 4.78 is -0.169. The fraction of sp³-hybridized carbons (Fsp3) is 0.667. The maximum absolute atomic E-state index is 9.71. The molecule has 0 aromatic carbocycles. The number of hydrogen-bond acceptors (Lipinski definition) is 1. The van der Waals surface area contributed by atoms with Gasteiger partial charge in [0.15, 0.2) is 0 Å². The second-order valence-corrected chi connectivity index (χ2v) is 3.22. The Morgan fingerprint density at radius 2 is 2.17 bits per heavy atom. The van der Waals surface area contributed by atoms with Crippen molar-refractivity contribution >= 4 is 22.8 Å². The molecule has 0 amide bonds. The van der Waals surface area contributed by atoms with Crippen LogP contribution >= 0.6 is 0 Å². The first-order valence-electron chi connectivity index (χ1n) is 1.63. The molecule has 2 unspecified atom stereocenters. The summed E-state index contributed by atoms with van der Waals surface area (Å²) in [5.41, 5.74) is 0. The van der Waals surface area contributed by atoms with Crippen LogP contribution in [0.2, 0.25) is 4.71 Å². The number of aliphatic carboxylic acids is 1.